The third kappa shape index (κ3) is 18.8. The maximum atomic E-state index is 13.3. The maximum absolute atomic E-state index is 13.3. The Hall–Kier alpha value is -7.82. The van der Waals surface area contributed by atoms with Crippen LogP contribution in [0.3, 0.4) is 0 Å². The van der Waals surface area contributed by atoms with Crippen molar-refractivity contribution in [2.75, 3.05) is 75.9 Å². The van der Waals surface area contributed by atoms with Gasteiger partial charge in [0.15, 0.2) is 0 Å². The van der Waals surface area contributed by atoms with E-state index in [-0.39, 0.29) is 55.6 Å². The standard InChI is InChI=1S/C37H44F3N5O2.C36H35Cl2F3N4O3/c1-26(46)22-33(41-24-27-6-4-3-5-7-27)30-12-17-35-34(23-30)42-36(29-10-13-31(14-11-29)44-20-18-43(2)19-21-44)45(35)25-28-8-15-32(16-9-28)47-37(38,39)40;1-23(48)18-32(42-21-25-4-12-30(37)31(38)19-25)27-7-13-34-33(20-27)43-35(26-5-10-29(11-6-26)44(14-16-46)15-17-47)45(34)22-24-2-8-28(9-3-24)36(39,40)41/h8-17,23,27,33,41H,3-7,18-22,24-25H2,1-2H3;2-13,19-20,32,42,46-47H,14-18,21-22H2,1H3. The summed E-state index contributed by atoms with van der Waals surface area (Å²) in [4.78, 5) is 41.3. The molecular formula is C73H79Cl2F6N9O5. The number of fused-ring (bicyclic) bond motifs is 2. The highest BCUT2D eigenvalue weighted by Gasteiger charge is 2.32. The van der Waals surface area contributed by atoms with Crippen LogP contribution in [0.15, 0.2) is 152 Å². The normalized spacial score (nSPS) is 14.8. The van der Waals surface area contributed by atoms with Gasteiger partial charge in [-0.15, -0.1) is 13.2 Å². The first-order chi connectivity index (χ1) is 45.6. The Morgan fingerprint density at radius 2 is 1.12 bits per heavy atom. The quantitative estimate of drug-likeness (QED) is 0.0403. The Bertz CT molecular complexity index is 4010. The Balaban J connectivity index is 0.000000207. The summed E-state index contributed by atoms with van der Waals surface area (Å²) in [5.41, 5.74) is 10.4. The van der Waals surface area contributed by atoms with Crippen LogP contribution < -0.4 is 25.2 Å². The van der Waals surface area contributed by atoms with Crippen LogP contribution in [-0.4, -0.2) is 118 Å². The van der Waals surface area contributed by atoms with Crippen molar-refractivity contribution in [3.63, 3.8) is 0 Å². The van der Waals surface area contributed by atoms with Gasteiger partial charge in [-0.25, -0.2) is 9.97 Å². The molecule has 9 aromatic rings. The average molecular weight is 1350 g/mol. The third-order valence-electron chi connectivity index (χ3n) is 17.6. The minimum absolute atomic E-state index is 0.00628. The fourth-order valence-corrected chi connectivity index (χ4v) is 12.9. The molecule has 0 spiro atoms. The van der Waals surface area contributed by atoms with E-state index in [4.69, 9.17) is 33.2 Å². The van der Waals surface area contributed by atoms with E-state index in [0.717, 1.165) is 106 Å². The number of hydrogen-bond donors (Lipinski definition) is 4. The Morgan fingerprint density at radius 1 is 0.611 bits per heavy atom. The number of carbonyl (C=O) groups is 2. The van der Waals surface area contributed by atoms with Gasteiger partial charge in [0.1, 0.15) is 29.0 Å². The molecule has 1 aliphatic heterocycles. The van der Waals surface area contributed by atoms with E-state index in [9.17, 15) is 46.1 Å². The first-order valence-electron chi connectivity index (χ1n) is 32.1. The van der Waals surface area contributed by atoms with Gasteiger partial charge < -0.3 is 49.4 Å². The molecule has 0 bridgehead atoms. The van der Waals surface area contributed by atoms with Crippen LogP contribution in [0.5, 0.6) is 5.75 Å². The monoisotopic (exact) mass is 1350 g/mol. The zero-order valence-electron chi connectivity index (χ0n) is 53.4. The number of hydrogen-bond acceptors (Lipinski definition) is 12. The van der Waals surface area contributed by atoms with Gasteiger partial charge >= 0.3 is 12.5 Å². The highest BCUT2D eigenvalue weighted by molar-refractivity contribution is 6.42. The van der Waals surface area contributed by atoms with Crippen LogP contribution in [0.25, 0.3) is 44.8 Å². The lowest BCUT2D eigenvalue weighted by molar-refractivity contribution is -0.274. The van der Waals surface area contributed by atoms with Crippen molar-refractivity contribution in [3.05, 3.63) is 195 Å². The molecule has 2 fully saturated rings. The summed E-state index contributed by atoms with van der Waals surface area (Å²) >= 11 is 12.3. The number of likely N-dealkylation sites (N-methyl/N-ethyl adjacent to an activating group) is 1. The molecule has 502 valence electrons. The molecule has 0 amide bonds. The predicted octanol–water partition coefficient (Wildman–Crippen LogP) is 15.3. The van der Waals surface area contributed by atoms with Crippen LogP contribution in [0, 0.1) is 5.92 Å². The molecule has 95 heavy (non-hydrogen) atoms. The second kappa shape index (κ2) is 31.8. The molecule has 22 heteroatoms. The molecule has 7 aromatic carbocycles. The molecule has 1 saturated heterocycles. The summed E-state index contributed by atoms with van der Waals surface area (Å²) in [6.07, 6.45) is -2.24. The molecule has 1 saturated carbocycles. The SMILES string of the molecule is CC(=O)CC(NCC1CCCCC1)c1ccc2c(c1)nc(-c1ccc(N3CCN(C)CC3)cc1)n2Cc1ccc(OC(F)(F)F)cc1.CC(=O)CC(NCc1ccc(Cl)c(Cl)c1)c1ccc2c(c1)nc(-c1ccc(N(CCO)CCO)cc1)n2Cc1ccc(C(F)(F)F)cc1. The molecule has 2 unspecified atom stereocenters. The number of nitrogens with zero attached hydrogens (tertiary/aromatic N) is 7. The van der Waals surface area contributed by atoms with Gasteiger partial charge in [-0.05, 0) is 183 Å². The number of rotatable bonds is 25. The van der Waals surface area contributed by atoms with Crippen molar-refractivity contribution >= 4 is 68.2 Å². The van der Waals surface area contributed by atoms with E-state index in [0.29, 0.717) is 65.5 Å². The number of aliphatic hydroxyl groups excluding tert-OH is 2. The summed E-state index contributed by atoms with van der Waals surface area (Å²) in [6, 6.07) is 44.0. The molecule has 0 radical (unpaired) electrons. The Labute approximate surface area is 559 Å². The van der Waals surface area contributed by atoms with Gasteiger partial charge in [0.25, 0.3) is 0 Å². The minimum Gasteiger partial charge on any atom is -0.406 e. The first-order valence-corrected chi connectivity index (χ1v) is 32.9. The highest BCUT2D eigenvalue weighted by Crippen LogP contribution is 2.36. The lowest BCUT2D eigenvalue weighted by Crippen LogP contribution is -2.44. The number of aromatic nitrogens is 4. The van der Waals surface area contributed by atoms with Gasteiger partial charge in [0.05, 0.1) is 50.9 Å². The lowest BCUT2D eigenvalue weighted by Gasteiger charge is -2.34. The molecule has 14 nitrogen and oxygen atoms in total. The zero-order chi connectivity index (χ0) is 67.4. The minimum atomic E-state index is -4.74. The zero-order valence-corrected chi connectivity index (χ0v) is 54.9. The van der Waals surface area contributed by atoms with Crippen molar-refractivity contribution in [2.24, 2.45) is 5.92 Å². The number of piperazine rings is 1. The van der Waals surface area contributed by atoms with Crippen LogP contribution >= 0.6 is 23.2 Å². The van der Waals surface area contributed by atoms with Crippen LogP contribution in [0.1, 0.15) is 104 Å². The number of carbonyl (C=O) groups excluding carboxylic acids is 2. The molecule has 3 heterocycles. The van der Waals surface area contributed by atoms with Crippen molar-refractivity contribution in [3.8, 4) is 28.5 Å². The molecule has 11 rings (SSSR count). The highest BCUT2D eigenvalue weighted by atomic mass is 35.5. The maximum Gasteiger partial charge on any atom is 0.573 e. The van der Waals surface area contributed by atoms with Gasteiger partial charge in [-0.1, -0.05) is 84.9 Å². The fourth-order valence-electron chi connectivity index (χ4n) is 12.5. The van der Waals surface area contributed by atoms with E-state index in [2.05, 4.69) is 79.2 Å². The number of ketones is 2. The van der Waals surface area contributed by atoms with E-state index >= 15 is 0 Å². The fraction of sp³-hybridized carbons (Fsp3) is 0.370. The van der Waals surface area contributed by atoms with Crippen molar-refractivity contribution in [1.82, 2.24) is 34.6 Å². The summed E-state index contributed by atoms with van der Waals surface area (Å²) < 4.78 is 86.2. The van der Waals surface area contributed by atoms with E-state index in [1.54, 1.807) is 31.2 Å². The number of aliphatic hydroxyl groups is 2. The van der Waals surface area contributed by atoms with Gasteiger partial charge in [-0.3, -0.25) is 9.59 Å². The van der Waals surface area contributed by atoms with Crippen molar-refractivity contribution in [1.29, 1.82) is 0 Å². The lowest BCUT2D eigenvalue weighted by atomic mass is 9.89. The molecule has 2 atom stereocenters. The molecular weight excluding hydrogens is 1270 g/mol. The summed E-state index contributed by atoms with van der Waals surface area (Å²) in [7, 11) is 2.14. The molecule has 2 aromatic heterocycles. The number of alkyl halides is 6. The van der Waals surface area contributed by atoms with E-state index < -0.39 is 18.1 Å². The number of anilines is 2. The Morgan fingerprint density at radius 3 is 1.61 bits per heavy atom. The van der Waals surface area contributed by atoms with Gasteiger partial charge in [0, 0.05) is 106 Å². The topological polar surface area (TPSA) is 153 Å². The van der Waals surface area contributed by atoms with Crippen molar-refractivity contribution in [2.45, 2.75) is 103 Å². The largest absolute Gasteiger partial charge is 0.573 e. The van der Waals surface area contributed by atoms with Crippen LogP contribution in [-0.2, 0) is 35.4 Å². The Kier molecular flexibility index (Phi) is 23.4. The van der Waals surface area contributed by atoms with Crippen LogP contribution in [0.2, 0.25) is 10.0 Å². The predicted molar refractivity (Wildman–Crippen MR) is 363 cm³/mol. The smallest absolute Gasteiger partial charge is 0.406 e. The van der Waals surface area contributed by atoms with E-state index in [1.165, 1.54) is 69.0 Å². The number of imidazole rings is 2. The first kappa shape index (κ1) is 70.0. The number of halogens is 8. The second-order valence-corrected chi connectivity index (χ2v) is 25.5. The second-order valence-electron chi connectivity index (χ2n) is 24.7. The van der Waals surface area contributed by atoms with Crippen LogP contribution in [0.4, 0.5) is 37.7 Å². The summed E-state index contributed by atoms with van der Waals surface area (Å²) in [6.45, 7) is 9.74. The molecule has 4 N–H and O–H groups in total. The number of benzene rings is 7. The number of nitrogens with one attached hydrogen (secondary N) is 2. The van der Waals surface area contributed by atoms with Crippen molar-refractivity contribution < 1.29 is 50.9 Å². The third-order valence-corrected chi connectivity index (χ3v) is 18.3. The van der Waals surface area contributed by atoms with Gasteiger partial charge in [-0.2, -0.15) is 13.2 Å². The van der Waals surface area contributed by atoms with E-state index in [1.807, 2.05) is 58.0 Å². The molecule has 2 aliphatic rings. The average Bonchev–Trinajstić information content (AvgIpc) is 1.64. The number of ether oxygens (including phenoxy) is 1. The summed E-state index contributed by atoms with van der Waals surface area (Å²) in [5, 5.41) is 27.0. The van der Waals surface area contributed by atoms with Gasteiger partial charge in [0.2, 0.25) is 0 Å². The number of Topliss-reactive ketones (excluding diaryl/α,β-unsaturated/α-hetero) is 2. The summed E-state index contributed by atoms with van der Waals surface area (Å²) in [5.74, 6) is 1.91. The molecule has 1 aliphatic carbocycles.